The normalized spacial score (nSPS) is 23.6. The highest BCUT2D eigenvalue weighted by Crippen LogP contribution is 2.47. The van der Waals surface area contributed by atoms with Crippen LogP contribution in [-0.4, -0.2) is 20.3 Å². The van der Waals surface area contributed by atoms with E-state index in [1.54, 1.807) is 7.11 Å². The molecule has 0 aromatic carbocycles. The maximum atomic E-state index is 5.79. The molecule has 2 atom stereocenters. The van der Waals surface area contributed by atoms with Crippen molar-refractivity contribution in [1.82, 2.24) is 5.32 Å². The van der Waals surface area contributed by atoms with Crippen LogP contribution in [-0.2, 0) is 11.3 Å². The molecular weight excluding hydrogens is 202 g/mol. The highest BCUT2D eigenvalue weighted by Gasteiger charge is 2.36. The Hall–Kier alpha value is -0.800. The third-order valence-electron chi connectivity index (χ3n) is 3.16. The maximum absolute atomic E-state index is 5.79. The second kappa shape index (κ2) is 5.51. The molecule has 3 heteroatoms. The summed E-state index contributed by atoms with van der Waals surface area (Å²) in [5.74, 6) is 3.71. The number of nitrogens with one attached hydrogen (secondary N) is 1. The Morgan fingerprint density at radius 2 is 2.31 bits per heavy atom. The van der Waals surface area contributed by atoms with Crippen LogP contribution in [0.2, 0.25) is 0 Å². The number of hydrogen-bond donors (Lipinski definition) is 1. The van der Waals surface area contributed by atoms with Crippen LogP contribution < -0.4 is 5.32 Å². The van der Waals surface area contributed by atoms with E-state index in [-0.39, 0.29) is 0 Å². The van der Waals surface area contributed by atoms with Crippen LogP contribution in [0.1, 0.15) is 37.2 Å². The van der Waals surface area contributed by atoms with Gasteiger partial charge in [0, 0.05) is 19.6 Å². The molecule has 0 aliphatic heterocycles. The highest BCUT2D eigenvalue weighted by molar-refractivity contribution is 5.17. The topological polar surface area (TPSA) is 34.4 Å². The van der Waals surface area contributed by atoms with Crippen LogP contribution in [0, 0.1) is 5.92 Å². The van der Waals surface area contributed by atoms with Gasteiger partial charge in [0.2, 0.25) is 0 Å². The van der Waals surface area contributed by atoms with E-state index in [1.165, 1.54) is 12.2 Å². The summed E-state index contributed by atoms with van der Waals surface area (Å²) in [5, 5.41) is 3.35. The predicted octanol–water partition coefficient (Wildman–Crippen LogP) is 2.53. The van der Waals surface area contributed by atoms with E-state index in [0.29, 0.717) is 5.92 Å². The van der Waals surface area contributed by atoms with Gasteiger partial charge in [0.15, 0.2) is 0 Å². The second-order valence-electron chi connectivity index (χ2n) is 4.65. The van der Waals surface area contributed by atoms with Crippen molar-refractivity contribution in [3.05, 3.63) is 23.7 Å². The standard InChI is InChI=1S/C13H21NO2/c1-10-8-12(10)13-5-4-11(16-13)9-14-6-3-7-15-2/h4-5,10,12,14H,3,6-9H2,1-2H3. The van der Waals surface area contributed by atoms with Gasteiger partial charge in [0.05, 0.1) is 6.54 Å². The molecule has 1 aliphatic carbocycles. The lowest BCUT2D eigenvalue weighted by molar-refractivity contribution is 0.194. The number of furan rings is 1. The number of ether oxygens (including phenoxy) is 1. The minimum atomic E-state index is 0.683. The highest BCUT2D eigenvalue weighted by atomic mass is 16.5. The zero-order chi connectivity index (χ0) is 11.4. The largest absolute Gasteiger partial charge is 0.464 e. The summed E-state index contributed by atoms with van der Waals surface area (Å²) < 4.78 is 10.8. The van der Waals surface area contributed by atoms with E-state index in [4.69, 9.17) is 9.15 Å². The molecule has 0 saturated heterocycles. The fraction of sp³-hybridized carbons (Fsp3) is 0.692. The Morgan fingerprint density at radius 1 is 1.50 bits per heavy atom. The summed E-state index contributed by atoms with van der Waals surface area (Å²) in [7, 11) is 1.73. The summed E-state index contributed by atoms with van der Waals surface area (Å²) in [4.78, 5) is 0. The van der Waals surface area contributed by atoms with Crippen LogP contribution in [0.4, 0.5) is 0 Å². The number of rotatable bonds is 7. The van der Waals surface area contributed by atoms with E-state index in [0.717, 1.165) is 37.8 Å². The average Bonchev–Trinajstić information content (AvgIpc) is 2.83. The van der Waals surface area contributed by atoms with Crippen molar-refractivity contribution in [2.24, 2.45) is 5.92 Å². The van der Waals surface area contributed by atoms with Gasteiger partial charge < -0.3 is 14.5 Å². The summed E-state index contributed by atoms with van der Waals surface area (Å²) in [5.41, 5.74) is 0. The molecule has 0 spiro atoms. The molecular formula is C13H21NO2. The first-order valence-electron chi connectivity index (χ1n) is 6.09. The lowest BCUT2D eigenvalue weighted by Gasteiger charge is -2.01. The van der Waals surface area contributed by atoms with Gasteiger partial charge in [0.25, 0.3) is 0 Å². The summed E-state index contributed by atoms with van der Waals surface area (Å²) in [6, 6.07) is 4.21. The molecule has 1 heterocycles. The molecule has 2 rings (SSSR count). The Bertz CT molecular complexity index is 321. The lowest BCUT2D eigenvalue weighted by atomic mass is 10.3. The molecule has 1 saturated carbocycles. The van der Waals surface area contributed by atoms with Crippen LogP contribution >= 0.6 is 0 Å². The Balaban J connectivity index is 1.67. The van der Waals surface area contributed by atoms with Crippen LogP contribution in [0.25, 0.3) is 0 Å². The molecule has 1 aliphatic rings. The SMILES string of the molecule is COCCCNCc1ccc(C2CC2C)o1. The van der Waals surface area contributed by atoms with Gasteiger partial charge in [-0.15, -0.1) is 0 Å². The molecule has 90 valence electrons. The molecule has 2 unspecified atom stereocenters. The molecule has 0 amide bonds. The maximum Gasteiger partial charge on any atom is 0.117 e. The van der Waals surface area contributed by atoms with E-state index >= 15 is 0 Å². The molecule has 3 nitrogen and oxygen atoms in total. The Labute approximate surface area is 97.2 Å². The fourth-order valence-corrected chi connectivity index (χ4v) is 1.96. The number of methoxy groups -OCH3 is 1. The summed E-state index contributed by atoms with van der Waals surface area (Å²) in [6.45, 7) is 4.89. The summed E-state index contributed by atoms with van der Waals surface area (Å²) in [6.07, 6.45) is 2.33. The lowest BCUT2D eigenvalue weighted by Crippen LogP contribution is -2.15. The van der Waals surface area contributed by atoms with Crippen molar-refractivity contribution in [2.45, 2.75) is 32.2 Å². The van der Waals surface area contributed by atoms with Crippen LogP contribution in [0.5, 0.6) is 0 Å². The second-order valence-corrected chi connectivity index (χ2v) is 4.65. The first-order chi connectivity index (χ1) is 7.81. The molecule has 1 N–H and O–H groups in total. The van der Waals surface area contributed by atoms with Gasteiger partial charge >= 0.3 is 0 Å². The smallest absolute Gasteiger partial charge is 0.117 e. The molecule has 0 bridgehead atoms. The average molecular weight is 223 g/mol. The monoisotopic (exact) mass is 223 g/mol. The third-order valence-corrected chi connectivity index (χ3v) is 3.16. The van der Waals surface area contributed by atoms with Crippen LogP contribution in [0.15, 0.2) is 16.5 Å². The molecule has 0 radical (unpaired) electrons. The van der Waals surface area contributed by atoms with Crippen molar-refractivity contribution in [3.8, 4) is 0 Å². The van der Waals surface area contributed by atoms with E-state index in [2.05, 4.69) is 24.4 Å². The minimum absolute atomic E-state index is 0.683. The van der Waals surface area contributed by atoms with Crippen molar-refractivity contribution in [2.75, 3.05) is 20.3 Å². The van der Waals surface area contributed by atoms with Gasteiger partial charge in [-0.1, -0.05) is 6.92 Å². The van der Waals surface area contributed by atoms with E-state index < -0.39 is 0 Å². The van der Waals surface area contributed by atoms with Gasteiger partial charge in [-0.05, 0) is 37.4 Å². The van der Waals surface area contributed by atoms with Gasteiger partial charge in [-0.25, -0.2) is 0 Å². The zero-order valence-corrected chi connectivity index (χ0v) is 10.2. The Morgan fingerprint density at radius 3 is 3.00 bits per heavy atom. The van der Waals surface area contributed by atoms with Crippen LogP contribution in [0.3, 0.4) is 0 Å². The number of hydrogen-bond acceptors (Lipinski definition) is 3. The molecule has 1 aromatic rings. The van der Waals surface area contributed by atoms with Gasteiger partial charge in [-0.2, -0.15) is 0 Å². The van der Waals surface area contributed by atoms with Gasteiger partial charge in [-0.3, -0.25) is 0 Å². The first-order valence-corrected chi connectivity index (χ1v) is 6.09. The van der Waals surface area contributed by atoms with Crippen molar-refractivity contribution < 1.29 is 9.15 Å². The van der Waals surface area contributed by atoms with E-state index in [9.17, 15) is 0 Å². The third kappa shape index (κ3) is 3.09. The minimum Gasteiger partial charge on any atom is -0.464 e. The molecule has 16 heavy (non-hydrogen) atoms. The van der Waals surface area contributed by atoms with Crippen molar-refractivity contribution >= 4 is 0 Å². The van der Waals surface area contributed by atoms with E-state index in [1.807, 2.05) is 0 Å². The Kier molecular flexibility index (Phi) is 4.02. The van der Waals surface area contributed by atoms with Crippen molar-refractivity contribution in [3.63, 3.8) is 0 Å². The quantitative estimate of drug-likeness (QED) is 0.721. The molecule has 1 aromatic heterocycles. The van der Waals surface area contributed by atoms with Gasteiger partial charge in [0.1, 0.15) is 11.5 Å². The molecule has 1 fully saturated rings. The zero-order valence-electron chi connectivity index (χ0n) is 10.2. The fourth-order valence-electron chi connectivity index (χ4n) is 1.96. The van der Waals surface area contributed by atoms with Crippen molar-refractivity contribution in [1.29, 1.82) is 0 Å². The first kappa shape index (κ1) is 11.7. The predicted molar refractivity (Wildman–Crippen MR) is 63.4 cm³/mol. The summed E-state index contributed by atoms with van der Waals surface area (Å²) >= 11 is 0.